The molecule has 0 heterocycles. The molecule has 1 aromatic carbocycles. The van der Waals surface area contributed by atoms with Crippen LogP contribution in [0.15, 0.2) is 21.5 Å². The lowest BCUT2D eigenvalue weighted by atomic mass is 10.2. The van der Waals surface area contributed by atoms with E-state index in [-0.39, 0.29) is 10.6 Å². The number of anilines is 1. The largest absolute Gasteiger partial charge is 0.282 e. The third-order valence-electron chi connectivity index (χ3n) is 2.40. The van der Waals surface area contributed by atoms with Crippen molar-refractivity contribution in [3.05, 3.63) is 22.2 Å². The van der Waals surface area contributed by atoms with Crippen molar-refractivity contribution in [2.24, 2.45) is 0 Å². The Kier molecular flexibility index (Phi) is 4.93. The van der Waals surface area contributed by atoms with Crippen LogP contribution in [-0.4, -0.2) is 22.1 Å². The molecule has 0 fully saturated rings. The lowest BCUT2D eigenvalue weighted by molar-refractivity contribution is 0.592. The summed E-state index contributed by atoms with van der Waals surface area (Å²) in [6.07, 6.45) is 0. The monoisotopic (exact) mass is 389 g/mol. The molecule has 9 heteroatoms. The number of hydrogen-bond donors (Lipinski definition) is 1. The summed E-state index contributed by atoms with van der Waals surface area (Å²) in [6.45, 7) is 4.62. The third kappa shape index (κ3) is 4.08. The van der Waals surface area contributed by atoms with Gasteiger partial charge in [0.2, 0.25) is 10.0 Å². The molecule has 0 aliphatic rings. The number of nitrogens with one attached hydrogen (secondary N) is 1. The number of sulfonamides is 1. The van der Waals surface area contributed by atoms with Crippen molar-refractivity contribution in [3.63, 3.8) is 0 Å². The molecule has 0 radical (unpaired) electrons. The van der Waals surface area contributed by atoms with Gasteiger partial charge in [-0.2, -0.15) is 0 Å². The van der Waals surface area contributed by atoms with Crippen LogP contribution < -0.4 is 4.72 Å². The minimum absolute atomic E-state index is 0.0615. The van der Waals surface area contributed by atoms with Crippen molar-refractivity contribution < 1.29 is 16.8 Å². The average molecular weight is 391 g/mol. The molecule has 19 heavy (non-hydrogen) atoms. The van der Waals surface area contributed by atoms with Crippen molar-refractivity contribution in [1.29, 1.82) is 0 Å². The Labute approximate surface area is 126 Å². The molecule has 0 aliphatic heterocycles. The van der Waals surface area contributed by atoms with Crippen LogP contribution in [0.1, 0.15) is 19.4 Å². The fourth-order valence-electron chi connectivity index (χ4n) is 1.28. The van der Waals surface area contributed by atoms with Gasteiger partial charge in [0.1, 0.15) is 0 Å². The zero-order valence-electron chi connectivity index (χ0n) is 10.4. The van der Waals surface area contributed by atoms with Gasteiger partial charge in [-0.3, -0.25) is 4.72 Å². The van der Waals surface area contributed by atoms with Gasteiger partial charge in [0, 0.05) is 15.2 Å². The highest BCUT2D eigenvalue weighted by molar-refractivity contribution is 9.10. The number of benzene rings is 1. The van der Waals surface area contributed by atoms with E-state index in [9.17, 15) is 16.8 Å². The molecule has 1 rings (SSSR count). The number of halogens is 2. The molecule has 0 aromatic heterocycles. The number of aryl methyl sites for hydroxylation is 1. The van der Waals surface area contributed by atoms with Crippen molar-refractivity contribution in [2.45, 2.75) is 30.9 Å². The summed E-state index contributed by atoms with van der Waals surface area (Å²) in [6, 6.07) is 2.69. The second-order valence-corrected chi connectivity index (χ2v) is 9.86. The molecular weight excluding hydrogens is 378 g/mol. The number of hydrogen-bond acceptors (Lipinski definition) is 4. The highest BCUT2D eigenvalue weighted by Gasteiger charge is 2.20. The predicted octanol–water partition coefficient (Wildman–Crippen LogP) is 2.84. The number of rotatable bonds is 4. The first-order chi connectivity index (χ1) is 8.45. The van der Waals surface area contributed by atoms with E-state index in [1.54, 1.807) is 13.8 Å². The lowest BCUT2D eigenvalue weighted by Gasteiger charge is -2.14. The smallest absolute Gasteiger partial charge is 0.261 e. The summed E-state index contributed by atoms with van der Waals surface area (Å²) in [7, 11) is -2.08. The summed E-state index contributed by atoms with van der Waals surface area (Å²) in [4.78, 5) is -0.0615. The second kappa shape index (κ2) is 5.59. The van der Waals surface area contributed by atoms with Crippen molar-refractivity contribution in [2.75, 3.05) is 4.72 Å². The van der Waals surface area contributed by atoms with Crippen molar-refractivity contribution in [3.8, 4) is 0 Å². The van der Waals surface area contributed by atoms with Crippen LogP contribution in [0.25, 0.3) is 0 Å². The van der Waals surface area contributed by atoms with Gasteiger partial charge in [0.15, 0.2) is 0 Å². The van der Waals surface area contributed by atoms with Crippen LogP contribution in [-0.2, 0) is 19.1 Å². The molecule has 1 N–H and O–H groups in total. The van der Waals surface area contributed by atoms with Crippen LogP contribution in [0.3, 0.4) is 0 Å². The first-order valence-electron chi connectivity index (χ1n) is 5.21. The summed E-state index contributed by atoms with van der Waals surface area (Å²) in [5.41, 5.74) is 0.634. The van der Waals surface area contributed by atoms with E-state index < -0.39 is 24.3 Å². The SMILES string of the molecule is Cc1cc(NS(=O)(=O)C(C)C)c(Br)cc1S(=O)(=O)Cl. The van der Waals surface area contributed by atoms with Gasteiger partial charge >= 0.3 is 0 Å². The van der Waals surface area contributed by atoms with Gasteiger partial charge < -0.3 is 0 Å². The first kappa shape index (κ1) is 16.7. The molecule has 108 valence electrons. The summed E-state index contributed by atoms with van der Waals surface area (Å²) < 4.78 is 48.9. The van der Waals surface area contributed by atoms with Crippen LogP contribution in [0, 0.1) is 6.92 Å². The van der Waals surface area contributed by atoms with Gasteiger partial charge in [-0.25, -0.2) is 16.8 Å². The predicted molar refractivity (Wildman–Crippen MR) is 79.6 cm³/mol. The van der Waals surface area contributed by atoms with E-state index in [1.165, 1.54) is 19.1 Å². The zero-order chi connectivity index (χ0) is 15.0. The van der Waals surface area contributed by atoms with Crippen molar-refractivity contribution in [1.82, 2.24) is 0 Å². The van der Waals surface area contributed by atoms with Crippen LogP contribution in [0.4, 0.5) is 5.69 Å². The Bertz CT molecular complexity index is 698. The van der Waals surface area contributed by atoms with Crippen LogP contribution in [0.5, 0.6) is 0 Å². The second-order valence-electron chi connectivity index (χ2n) is 4.23. The Morgan fingerprint density at radius 1 is 1.21 bits per heavy atom. The van der Waals surface area contributed by atoms with E-state index in [0.717, 1.165) is 0 Å². The fourth-order valence-corrected chi connectivity index (χ4v) is 3.91. The van der Waals surface area contributed by atoms with Gasteiger partial charge in [0.05, 0.1) is 15.8 Å². The standard InChI is InChI=1S/C10H13BrClNO4S2/c1-6(2)19(16,17)13-9-4-7(3)10(5-8(9)11)18(12,14)15/h4-6,13H,1-3H3. The van der Waals surface area contributed by atoms with Crippen molar-refractivity contribution >= 4 is 51.4 Å². The summed E-state index contributed by atoms with van der Waals surface area (Å²) in [5, 5.41) is -0.601. The van der Waals surface area contributed by atoms with E-state index in [2.05, 4.69) is 20.7 Å². The minimum Gasteiger partial charge on any atom is -0.282 e. The highest BCUT2D eigenvalue weighted by atomic mass is 79.9. The Morgan fingerprint density at radius 3 is 2.16 bits per heavy atom. The topological polar surface area (TPSA) is 80.3 Å². The Hall–Kier alpha value is -0.310. The molecule has 0 atom stereocenters. The van der Waals surface area contributed by atoms with Crippen LogP contribution in [0.2, 0.25) is 0 Å². The molecule has 0 saturated heterocycles. The highest BCUT2D eigenvalue weighted by Crippen LogP contribution is 2.31. The van der Waals surface area contributed by atoms with Crippen LogP contribution >= 0.6 is 26.6 Å². The molecular formula is C10H13BrClNO4S2. The summed E-state index contributed by atoms with van der Waals surface area (Å²) in [5.74, 6) is 0. The molecule has 0 bridgehead atoms. The summed E-state index contributed by atoms with van der Waals surface area (Å²) >= 11 is 3.13. The molecule has 5 nitrogen and oxygen atoms in total. The Balaban J connectivity index is 3.33. The average Bonchev–Trinajstić information content (AvgIpc) is 2.20. The van der Waals surface area contributed by atoms with E-state index in [1.807, 2.05) is 0 Å². The van der Waals surface area contributed by atoms with E-state index in [0.29, 0.717) is 10.0 Å². The molecule has 0 unspecified atom stereocenters. The van der Waals surface area contributed by atoms with Gasteiger partial charge in [-0.05, 0) is 54.4 Å². The molecule has 0 spiro atoms. The zero-order valence-corrected chi connectivity index (χ0v) is 14.4. The normalized spacial score (nSPS) is 12.7. The molecule has 1 aromatic rings. The minimum atomic E-state index is -3.87. The fraction of sp³-hybridized carbons (Fsp3) is 0.400. The molecule has 0 amide bonds. The Morgan fingerprint density at radius 2 is 1.74 bits per heavy atom. The maximum absolute atomic E-state index is 11.8. The molecule has 0 saturated carbocycles. The quantitative estimate of drug-likeness (QED) is 0.802. The lowest BCUT2D eigenvalue weighted by Crippen LogP contribution is -2.22. The first-order valence-corrected chi connectivity index (χ1v) is 9.86. The maximum atomic E-state index is 11.8. The van der Waals surface area contributed by atoms with Gasteiger partial charge in [0.25, 0.3) is 9.05 Å². The van der Waals surface area contributed by atoms with Gasteiger partial charge in [-0.15, -0.1) is 0 Å². The van der Waals surface area contributed by atoms with E-state index in [4.69, 9.17) is 10.7 Å². The van der Waals surface area contributed by atoms with E-state index >= 15 is 0 Å². The maximum Gasteiger partial charge on any atom is 0.261 e. The third-order valence-corrected chi connectivity index (χ3v) is 6.27. The van der Waals surface area contributed by atoms with Gasteiger partial charge in [-0.1, -0.05) is 0 Å². The molecule has 0 aliphatic carbocycles.